The summed E-state index contributed by atoms with van der Waals surface area (Å²) in [4.78, 5) is 52.0. The van der Waals surface area contributed by atoms with E-state index >= 15 is 0 Å². The van der Waals surface area contributed by atoms with Gasteiger partial charge in [-0.25, -0.2) is 9.59 Å². The van der Waals surface area contributed by atoms with Gasteiger partial charge in [0.15, 0.2) is 6.10 Å². The number of carboxylic acids is 4. The van der Waals surface area contributed by atoms with Crippen LogP contribution < -0.4 is 0 Å². The molecule has 0 aromatic rings. The van der Waals surface area contributed by atoms with E-state index in [4.69, 9.17) is 25.3 Å². The number of carboxylic acid groups (broad SMARTS) is 4. The zero-order valence-corrected chi connectivity index (χ0v) is 10.4. The van der Waals surface area contributed by atoms with Gasteiger partial charge in [0.1, 0.15) is 11.8 Å². The second-order valence-corrected chi connectivity index (χ2v) is 4.76. The highest BCUT2D eigenvalue weighted by Gasteiger charge is 2.57. The molecule has 0 aromatic heterocycles. The molecule has 5 atom stereocenters. The molecule has 20 heavy (non-hydrogen) atoms. The van der Waals surface area contributed by atoms with Crippen LogP contribution in [-0.4, -0.2) is 66.1 Å². The third-order valence-corrected chi connectivity index (χ3v) is 3.40. The van der Waals surface area contributed by atoms with Crippen LogP contribution in [0.1, 0.15) is 0 Å². The smallest absolute Gasteiger partial charge is 0.481 e. The van der Waals surface area contributed by atoms with Crippen LogP contribution in [0.15, 0.2) is 0 Å². The van der Waals surface area contributed by atoms with Crippen molar-refractivity contribution in [3.63, 3.8) is 0 Å². The highest BCUT2D eigenvalue weighted by Crippen LogP contribution is 2.35. The third kappa shape index (κ3) is 3.95. The summed E-state index contributed by atoms with van der Waals surface area (Å²) in [7, 11) is -3.67. The number of hydrogen-bond acceptors (Lipinski definition) is 6. The van der Waals surface area contributed by atoms with Crippen molar-refractivity contribution in [2.24, 2.45) is 11.8 Å². The summed E-state index contributed by atoms with van der Waals surface area (Å²) in [5.41, 5.74) is -2.59. The zero-order valence-electron chi connectivity index (χ0n) is 9.48. The lowest BCUT2D eigenvalue weighted by atomic mass is 9.84. The molecule has 0 aliphatic rings. The maximum absolute atomic E-state index is 11.0. The maximum atomic E-state index is 11.0. The van der Waals surface area contributed by atoms with Crippen molar-refractivity contribution in [1.82, 2.24) is 0 Å². The molecule has 0 amide bonds. The lowest BCUT2D eigenvalue weighted by Gasteiger charge is -2.21. The van der Waals surface area contributed by atoms with Gasteiger partial charge < -0.3 is 25.5 Å². The largest absolute Gasteiger partial charge is 0.521 e. The number of aliphatic carboxylic acids is 4. The van der Waals surface area contributed by atoms with Crippen molar-refractivity contribution in [3.8, 4) is 0 Å². The van der Waals surface area contributed by atoms with E-state index in [1.807, 2.05) is 0 Å². The number of aliphatic hydroxyl groups is 1. The first kappa shape index (κ1) is 17.9. The SMILES string of the molecule is O=C(O)C(O)C(C(=O)O)C(C(=O)O)C(C(=O)O)[P+](=O)O. The van der Waals surface area contributed by atoms with Crippen LogP contribution in [0.25, 0.3) is 0 Å². The van der Waals surface area contributed by atoms with Gasteiger partial charge in [-0.3, -0.25) is 9.59 Å². The molecular formula is C8H10O11P+. The molecule has 6 N–H and O–H groups in total. The third-order valence-electron chi connectivity index (χ3n) is 2.38. The molecule has 0 rings (SSSR count). The quantitative estimate of drug-likeness (QED) is 0.270. The van der Waals surface area contributed by atoms with Gasteiger partial charge in [0.25, 0.3) is 5.66 Å². The lowest BCUT2D eigenvalue weighted by molar-refractivity contribution is -0.168. The Bertz CT molecular complexity index is 443. The van der Waals surface area contributed by atoms with Crippen molar-refractivity contribution >= 4 is 31.9 Å². The predicted molar refractivity (Wildman–Crippen MR) is 57.1 cm³/mol. The summed E-state index contributed by atoms with van der Waals surface area (Å²) >= 11 is 0. The molecule has 112 valence electrons. The Morgan fingerprint density at radius 2 is 1.15 bits per heavy atom. The fourth-order valence-electron chi connectivity index (χ4n) is 1.51. The van der Waals surface area contributed by atoms with Crippen molar-refractivity contribution in [2.45, 2.75) is 11.8 Å². The Labute approximate surface area is 110 Å². The minimum atomic E-state index is -3.67. The molecule has 0 aliphatic heterocycles. The zero-order chi connectivity index (χ0) is 16.2. The summed E-state index contributed by atoms with van der Waals surface area (Å²) < 4.78 is 10.9. The van der Waals surface area contributed by atoms with Crippen LogP contribution in [0.3, 0.4) is 0 Å². The lowest BCUT2D eigenvalue weighted by Crippen LogP contribution is -2.48. The Kier molecular flexibility index (Phi) is 6.17. The van der Waals surface area contributed by atoms with E-state index in [1.165, 1.54) is 0 Å². The highest BCUT2D eigenvalue weighted by molar-refractivity contribution is 7.40. The van der Waals surface area contributed by atoms with Gasteiger partial charge in [0.05, 0.1) is 0 Å². The Morgan fingerprint density at radius 3 is 1.35 bits per heavy atom. The van der Waals surface area contributed by atoms with Crippen LogP contribution in [-0.2, 0) is 23.7 Å². The minimum Gasteiger partial charge on any atom is -0.481 e. The summed E-state index contributed by atoms with van der Waals surface area (Å²) in [5, 5.41) is 44.0. The second-order valence-electron chi connectivity index (χ2n) is 3.60. The average Bonchev–Trinajstić information content (AvgIpc) is 2.25. The van der Waals surface area contributed by atoms with E-state index in [2.05, 4.69) is 0 Å². The van der Waals surface area contributed by atoms with Gasteiger partial charge in [0.2, 0.25) is 0 Å². The molecule has 0 bridgehead atoms. The van der Waals surface area contributed by atoms with E-state index in [0.29, 0.717) is 0 Å². The molecule has 0 saturated heterocycles. The summed E-state index contributed by atoms with van der Waals surface area (Å²) in [6, 6.07) is 0. The standard InChI is InChI=1S/C8H9O11P/c9-3(7(14)15)1(5(10)11)2(6(12)13)4(8(16)17)20(18)19/h1-4,9H,(H4-,10,11,12,13,14,15,16,17,18,19)/p+1. The summed E-state index contributed by atoms with van der Waals surface area (Å²) in [5.74, 6) is -13.7. The highest BCUT2D eigenvalue weighted by atomic mass is 31.1. The molecule has 0 fully saturated rings. The normalized spacial score (nSPS) is 17.4. The molecule has 0 aliphatic carbocycles. The van der Waals surface area contributed by atoms with E-state index < -0.39 is 55.5 Å². The van der Waals surface area contributed by atoms with Gasteiger partial charge in [-0.1, -0.05) is 0 Å². The first-order chi connectivity index (χ1) is 9.02. The van der Waals surface area contributed by atoms with E-state index in [1.54, 1.807) is 0 Å². The molecule has 0 aromatic carbocycles. The van der Waals surface area contributed by atoms with Crippen molar-refractivity contribution in [1.29, 1.82) is 0 Å². The molecule has 0 saturated carbocycles. The van der Waals surface area contributed by atoms with Crippen molar-refractivity contribution in [3.05, 3.63) is 0 Å². The van der Waals surface area contributed by atoms with Crippen LogP contribution in [0.5, 0.6) is 0 Å². The van der Waals surface area contributed by atoms with Crippen LogP contribution in [0, 0.1) is 11.8 Å². The van der Waals surface area contributed by atoms with Crippen molar-refractivity contribution in [2.75, 3.05) is 0 Å². The Morgan fingerprint density at radius 1 is 0.750 bits per heavy atom. The fourth-order valence-corrected chi connectivity index (χ4v) is 2.29. The molecular weight excluding hydrogens is 303 g/mol. The fraction of sp³-hybridized carbons (Fsp3) is 0.500. The first-order valence-electron chi connectivity index (χ1n) is 4.76. The Balaban J connectivity index is 5.90. The molecule has 12 heteroatoms. The van der Waals surface area contributed by atoms with Crippen molar-refractivity contribution < 1.29 is 54.2 Å². The van der Waals surface area contributed by atoms with Gasteiger partial charge in [-0.05, 0) is 4.57 Å². The number of hydrogen-bond donors (Lipinski definition) is 6. The number of carbonyl (C=O) groups is 4. The van der Waals surface area contributed by atoms with E-state index in [-0.39, 0.29) is 0 Å². The van der Waals surface area contributed by atoms with Crippen LogP contribution in [0.2, 0.25) is 0 Å². The topological polar surface area (TPSA) is 207 Å². The molecule has 0 spiro atoms. The Hall–Kier alpha value is -2.10. The van der Waals surface area contributed by atoms with E-state index in [9.17, 15) is 28.8 Å². The maximum Gasteiger partial charge on any atom is 0.521 e. The van der Waals surface area contributed by atoms with E-state index in [0.717, 1.165) is 0 Å². The van der Waals surface area contributed by atoms with Gasteiger partial charge in [-0.15, -0.1) is 0 Å². The van der Waals surface area contributed by atoms with Gasteiger partial charge in [0, 0.05) is 0 Å². The number of rotatable bonds is 8. The summed E-state index contributed by atoms with van der Waals surface area (Å²) in [6.07, 6.45) is -2.76. The van der Waals surface area contributed by atoms with Gasteiger partial charge >= 0.3 is 31.9 Å². The second kappa shape index (κ2) is 6.89. The van der Waals surface area contributed by atoms with Crippen LogP contribution in [0.4, 0.5) is 0 Å². The molecule has 0 radical (unpaired) electrons. The average molecular weight is 313 g/mol. The molecule has 0 heterocycles. The number of aliphatic hydroxyl groups excluding tert-OH is 1. The first-order valence-corrected chi connectivity index (χ1v) is 6.05. The van der Waals surface area contributed by atoms with Crippen LogP contribution >= 0.6 is 8.03 Å². The molecule has 11 nitrogen and oxygen atoms in total. The molecule has 5 unspecified atom stereocenters. The summed E-state index contributed by atoms with van der Waals surface area (Å²) in [6.45, 7) is 0. The minimum absolute atomic E-state index is 2.11. The van der Waals surface area contributed by atoms with Gasteiger partial charge in [-0.2, -0.15) is 4.89 Å². The predicted octanol–water partition coefficient (Wildman–Crippen LogP) is -1.98. The monoisotopic (exact) mass is 313 g/mol.